The summed E-state index contributed by atoms with van der Waals surface area (Å²) in [7, 11) is 0. The van der Waals surface area contributed by atoms with E-state index in [0.717, 1.165) is 50.3 Å². The molecule has 0 radical (unpaired) electrons. The molecule has 1 N–H and O–H groups in total. The Kier molecular flexibility index (Phi) is 4.06. The van der Waals surface area contributed by atoms with Gasteiger partial charge in [-0.2, -0.15) is 0 Å². The number of piperidine rings is 1. The first kappa shape index (κ1) is 16.7. The highest BCUT2D eigenvalue weighted by atomic mass is 16.3. The Hall–Kier alpha value is -2.50. The number of hydrogen-bond acceptors (Lipinski definition) is 4. The van der Waals surface area contributed by atoms with Crippen molar-refractivity contribution in [2.24, 2.45) is 0 Å². The molecule has 1 saturated heterocycles. The minimum absolute atomic E-state index is 0.0608. The van der Waals surface area contributed by atoms with E-state index in [-0.39, 0.29) is 11.5 Å². The molecule has 0 saturated carbocycles. The quantitative estimate of drug-likeness (QED) is 0.780. The minimum Gasteiger partial charge on any atom is -0.392 e. The fourth-order valence-corrected chi connectivity index (χ4v) is 4.79. The normalized spacial score (nSPS) is 21.4. The average Bonchev–Trinajstić information content (AvgIpc) is 3.28. The second-order valence-corrected chi connectivity index (χ2v) is 7.80. The van der Waals surface area contributed by atoms with Crippen LogP contribution in [0.3, 0.4) is 0 Å². The van der Waals surface area contributed by atoms with Crippen molar-refractivity contribution in [1.29, 1.82) is 0 Å². The molecule has 3 aromatic rings. The van der Waals surface area contributed by atoms with Crippen LogP contribution in [0.15, 0.2) is 60.8 Å². The molecule has 1 aromatic heterocycles. The molecule has 5 rings (SSSR count). The van der Waals surface area contributed by atoms with E-state index in [9.17, 15) is 5.11 Å². The summed E-state index contributed by atoms with van der Waals surface area (Å²) >= 11 is 0. The van der Waals surface area contributed by atoms with Crippen molar-refractivity contribution in [2.45, 2.75) is 37.3 Å². The summed E-state index contributed by atoms with van der Waals surface area (Å²) < 4.78 is 1.83. The maximum absolute atomic E-state index is 10.8. The predicted octanol–water partition coefficient (Wildman–Crippen LogP) is 2.72. The third-order valence-electron chi connectivity index (χ3n) is 6.30. The highest BCUT2D eigenvalue weighted by Gasteiger charge is 2.47. The highest BCUT2D eigenvalue weighted by Crippen LogP contribution is 2.46. The van der Waals surface area contributed by atoms with Gasteiger partial charge in [-0.05, 0) is 55.6 Å². The molecule has 0 bridgehead atoms. The van der Waals surface area contributed by atoms with Crippen LogP contribution < -0.4 is 0 Å². The van der Waals surface area contributed by atoms with Crippen molar-refractivity contribution in [3.63, 3.8) is 0 Å². The molecule has 1 aliphatic carbocycles. The zero-order chi connectivity index (χ0) is 18.3. The number of fused-ring (bicyclic) bond motifs is 2. The van der Waals surface area contributed by atoms with Crippen molar-refractivity contribution in [2.75, 3.05) is 13.1 Å². The van der Waals surface area contributed by atoms with Crippen LogP contribution in [-0.4, -0.2) is 44.2 Å². The average molecular weight is 360 g/mol. The van der Waals surface area contributed by atoms with Crippen LogP contribution in [0.2, 0.25) is 0 Å². The summed E-state index contributed by atoms with van der Waals surface area (Å²) in [5, 5.41) is 19.4. The second-order valence-electron chi connectivity index (χ2n) is 7.80. The lowest BCUT2D eigenvalue weighted by Crippen LogP contribution is -2.47. The Morgan fingerprint density at radius 1 is 1.00 bits per heavy atom. The number of nitrogens with zero attached hydrogens (tertiary/aromatic N) is 4. The molecule has 2 aromatic carbocycles. The van der Waals surface area contributed by atoms with Crippen molar-refractivity contribution in [1.82, 2.24) is 19.9 Å². The van der Waals surface area contributed by atoms with E-state index in [1.165, 1.54) is 11.1 Å². The van der Waals surface area contributed by atoms with E-state index in [1.807, 2.05) is 41.2 Å². The second kappa shape index (κ2) is 6.59. The van der Waals surface area contributed by atoms with E-state index in [2.05, 4.69) is 39.5 Å². The maximum Gasteiger partial charge on any atom is 0.0971 e. The maximum atomic E-state index is 10.8. The summed E-state index contributed by atoms with van der Waals surface area (Å²) in [5.41, 5.74) is 4.65. The Morgan fingerprint density at radius 3 is 2.56 bits per heavy atom. The van der Waals surface area contributed by atoms with E-state index in [0.29, 0.717) is 0 Å². The van der Waals surface area contributed by atoms with Crippen LogP contribution in [0.4, 0.5) is 0 Å². The van der Waals surface area contributed by atoms with Crippen LogP contribution in [0.1, 0.15) is 29.7 Å². The standard InChI is InChI=1S/C22H24N4O/c27-21-14-17-6-4-5-9-20(17)22(21)10-12-25(13-11-22)15-18-16-26(24-23-18)19-7-2-1-3-8-19/h1-9,16,21,27H,10-15H2. The van der Waals surface area contributed by atoms with Gasteiger partial charge in [-0.3, -0.25) is 4.90 Å². The first-order valence-electron chi connectivity index (χ1n) is 9.70. The number of benzene rings is 2. The fraction of sp³-hybridized carbons (Fsp3) is 0.364. The molecule has 138 valence electrons. The van der Waals surface area contributed by atoms with Gasteiger partial charge < -0.3 is 5.11 Å². The third kappa shape index (κ3) is 2.87. The summed E-state index contributed by atoms with van der Waals surface area (Å²) in [6, 6.07) is 18.6. The van der Waals surface area contributed by atoms with Crippen LogP contribution >= 0.6 is 0 Å². The number of para-hydroxylation sites is 1. The summed E-state index contributed by atoms with van der Waals surface area (Å²) in [5.74, 6) is 0. The van der Waals surface area contributed by atoms with Crippen molar-refractivity contribution >= 4 is 0 Å². The van der Waals surface area contributed by atoms with Gasteiger partial charge in [-0.15, -0.1) is 5.10 Å². The van der Waals surface area contributed by atoms with Crippen molar-refractivity contribution in [3.05, 3.63) is 77.6 Å². The van der Waals surface area contributed by atoms with Crippen LogP contribution in [-0.2, 0) is 18.4 Å². The van der Waals surface area contributed by atoms with Gasteiger partial charge in [0, 0.05) is 12.0 Å². The lowest BCUT2D eigenvalue weighted by atomic mass is 9.72. The number of likely N-dealkylation sites (tertiary alicyclic amines) is 1. The van der Waals surface area contributed by atoms with Gasteiger partial charge in [0.2, 0.25) is 0 Å². The Morgan fingerprint density at radius 2 is 1.74 bits per heavy atom. The zero-order valence-electron chi connectivity index (χ0n) is 15.3. The molecule has 5 nitrogen and oxygen atoms in total. The van der Waals surface area contributed by atoms with Gasteiger partial charge >= 0.3 is 0 Å². The molecule has 5 heteroatoms. The lowest BCUT2D eigenvalue weighted by molar-refractivity contribution is 0.0410. The number of aliphatic hydroxyl groups excluding tert-OH is 1. The van der Waals surface area contributed by atoms with Crippen LogP contribution in [0, 0.1) is 0 Å². The SMILES string of the molecule is OC1Cc2ccccc2C12CCN(Cc1cn(-c3ccccc3)nn1)CC2. The molecule has 1 unspecified atom stereocenters. The smallest absolute Gasteiger partial charge is 0.0971 e. The summed E-state index contributed by atoms with van der Waals surface area (Å²) in [6.07, 6.45) is 4.55. The van der Waals surface area contributed by atoms with Crippen molar-refractivity contribution in [3.8, 4) is 5.69 Å². The van der Waals surface area contributed by atoms with Gasteiger partial charge in [0.15, 0.2) is 0 Å². The first-order valence-corrected chi connectivity index (χ1v) is 9.70. The number of rotatable bonds is 3. The van der Waals surface area contributed by atoms with Gasteiger partial charge in [-0.25, -0.2) is 4.68 Å². The molecular weight excluding hydrogens is 336 g/mol. The molecule has 1 aliphatic heterocycles. The van der Waals surface area contributed by atoms with E-state index >= 15 is 0 Å². The fourth-order valence-electron chi connectivity index (χ4n) is 4.79. The predicted molar refractivity (Wildman–Crippen MR) is 104 cm³/mol. The highest BCUT2D eigenvalue weighted by molar-refractivity contribution is 5.42. The minimum atomic E-state index is -0.254. The van der Waals surface area contributed by atoms with Gasteiger partial charge in [-0.1, -0.05) is 47.7 Å². The molecule has 1 atom stereocenters. The molecule has 2 aliphatic rings. The number of aromatic nitrogens is 3. The van der Waals surface area contributed by atoms with Gasteiger partial charge in [0.25, 0.3) is 0 Å². The molecular formula is C22H24N4O. The molecule has 27 heavy (non-hydrogen) atoms. The monoisotopic (exact) mass is 360 g/mol. The van der Waals surface area contributed by atoms with Gasteiger partial charge in [0.1, 0.15) is 0 Å². The summed E-state index contributed by atoms with van der Waals surface area (Å²) in [4.78, 5) is 2.43. The first-order chi connectivity index (χ1) is 13.2. The van der Waals surface area contributed by atoms with E-state index in [1.54, 1.807) is 0 Å². The topological polar surface area (TPSA) is 54.2 Å². The van der Waals surface area contributed by atoms with E-state index in [4.69, 9.17) is 0 Å². The molecule has 1 fully saturated rings. The van der Waals surface area contributed by atoms with Crippen LogP contribution in [0.5, 0.6) is 0 Å². The third-order valence-corrected chi connectivity index (χ3v) is 6.30. The zero-order valence-corrected chi connectivity index (χ0v) is 15.3. The largest absolute Gasteiger partial charge is 0.392 e. The summed E-state index contributed by atoms with van der Waals surface area (Å²) in [6.45, 7) is 2.76. The number of hydrogen-bond donors (Lipinski definition) is 1. The number of aliphatic hydroxyl groups is 1. The molecule has 0 amide bonds. The Bertz CT molecular complexity index is 928. The van der Waals surface area contributed by atoms with Gasteiger partial charge in [0.05, 0.1) is 23.7 Å². The Balaban J connectivity index is 1.28. The Labute approximate surface area is 159 Å². The molecule has 1 spiro atoms. The van der Waals surface area contributed by atoms with E-state index < -0.39 is 0 Å². The molecule has 2 heterocycles. The lowest BCUT2D eigenvalue weighted by Gasteiger charge is -2.42. The van der Waals surface area contributed by atoms with Crippen molar-refractivity contribution < 1.29 is 5.11 Å². The van der Waals surface area contributed by atoms with Crippen LogP contribution in [0.25, 0.3) is 5.69 Å².